The molecule has 2 unspecified atom stereocenters. The second-order valence-corrected chi connectivity index (χ2v) is 15.9. The Kier molecular flexibility index (Phi) is 8.65. The molecular formula is C41H37ClF2N6O3S. The first-order valence-corrected chi connectivity index (χ1v) is 19.4. The number of rotatable bonds is 6. The van der Waals surface area contributed by atoms with Gasteiger partial charge in [-0.2, -0.15) is 0 Å². The Morgan fingerprint density at radius 2 is 1.94 bits per heavy atom. The molecule has 54 heavy (non-hydrogen) atoms. The number of aryl methyl sites for hydroxylation is 2. The number of fused-ring (bicyclic) bond motifs is 6. The molecule has 276 valence electrons. The maximum atomic E-state index is 14.0. The van der Waals surface area contributed by atoms with Crippen molar-refractivity contribution in [2.75, 3.05) is 26.0 Å². The first-order valence-electron chi connectivity index (χ1n) is 18.2. The molecule has 0 spiro atoms. The average Bonchev–Trinajstić information content (AvgIpc) is 4.01. The number of hydrogen-bond acceptors (Lipinski definition) is 9. The third-order valence-electron chi connectivity index (χ3n) is 11.1. The molecule has 0 bridgehead atoms. The zero-order chi connectivity index (χ0) is 37.3. The van der Waals surface area contributed by atoms with E-state index in [1.807, 2.05) is 24.1 Å². The van der Waals surface area contributed by atoms with Gasteiger partial charge in [0.25, 0.3) is 11.8 Å². The molecule has 1 saturated heterocycles. The minimum atomic E-state index is -2.59. The van der Waals surface area contributed by atoms with Crippen LogP contribution in [0.5, 0.6) is 5.75 Å². The Hall–Kier alpha value is -4.94. The van der Waals surface area contributed by atoms with E-state index in [1.165, 1.54) is 18.2 Å². The van der Waals surface area contributed by atoms with Gasteiger partial charge in [-0.15, -0.1) is 21.5 Å². The van der Waals surface area contributed by atoms with Crippen molar-refractivity contribution in [3.05, 3.63) is 105 Å². The van der Waals surface area contributed by atoms with E-state index < -0.39 is 5.92 Å². The quantitative estimate of drug-likeness (QED) is 0.179. The van der Waals surface area contributed by atoms with Crippen molar-refractivity contribution in [2.45, 2.75) is 69.8 Å². The summed E-state index contributed by atoms with van der Waals surface area (Å²) < 4.78 is 38.2. The fraction of sp³-hybridized carbons (Fsp3) is 0.341. The first-order chi connectivity index (χ1) is 26.1. The van der Waals surface area contributed by atoms with Crippen LogP contribution in [0.3, 0.4) is 0 Å². The van der Waals surface area contributed by atoms with Gasteiger partial charge >= 0.3 is 0 Å². The predicted molar refractivity (Wildman–Crippen MR) is 205 cm³/mol. The van der Waals surface area contributed by atoms with Crippen LogP contribution in [0.15, 0.2) is 59.1 Å². The van der Waals surface area contributed by atoms with Gasteiger partial charge in [-0.3, -0.25) is 9.78 Å². The van der Waals surface area contributed by atoms with Gasteiger partial charge in [-0.05, 0) is 90.4 Å². The molecule has 0 radical (unpaired) electrons. The van der Waals surface area contributed by atoms with Crippen molar-refractivity contribution >= 4 is 44.7 Å². The number of methoxy groups -OCH3 is 1. The van der Waals surface area contributed by atoms with Gasteiger partial charge in [0.05, 0.1) is 40.4 Å². The second-order valence-electron chi connectivity index (χ2n) is 14.4. The maximum absolute atomic E-state index is 14.0. The summed E-state index contributed by atoms with van der Waals surface area (Å²) in [4.78, 5) is 26.9. The molecule has 6 heterocycles. The Bertz CT molecular complexity index is 2470. The molecule has 4 aliphatic rings. The summed E-state index contributed by atoms with van der Waals surface area (Å²) in [5, 5.41) is 13.7. The number of amides is 1. The topological polar surface area (TPSA) is 106 Å². The highest BCUT2D eigenvalue weighted by Gasteiger charge is 2.45. The summed E-state index contributed by atoms with van der Waals surface area (Å²) in [7, 11) is 3.38. The van der Waals surface area contributed by atoms with Crippen LogP contribution < -0.4 is 10.1 Å². The van der Waals surface area contributed by atoms with Crippen molar-refractivity contribution in [1.82, 2.24) is 25.1 Å². The number of halogens is 3. The van der Waals surface area contributed by atoms with Gasteiger partial charge < -0.3 is 19.4 Å². The molecule has 1 amide bonds. The van der Waals surface area contributed by atoms with Gasteiger partial charge in [-0.25, -0.2) is 13.8 Å². The SMILES string of the molecule is CNc1nccc2cc(-c3c4c(nc(CC5CCc6cc(Cl)ccc65)c3-c3nnc(C)o3)C3CCCN3C4=O)sc12.COc1cccc2c1CC(F)(F)C2. The van der Waals surface area contributed by atoms with Gasteiger partial charge in [0, 0.05) is 60.6 Å². The van der Waals surface area contributed by atoms with E-state index in [-0.39, 0.29) is 30.7 Å². The van der Waals surface area contributed by atoms with Gasteiger partial charge in [0.2, 0.25) is 11.8 Å². The van der Waals surface area contributed by atoms with Crippen LogP contribution in [0.4, 0.5) is 14.6 Å². The molecule has 1 N–H and O–H groups in total. The van der Waals surface area contributed by atoms with Crippen LogP contribution >= 0.6 is 22.9 Å². The van der Waals surface area contributed by atoms with Crippen molar-refractivity contribution in [3.63, 3.8) is 0 Å². The maximum Gasteiger partial charge on any atom is 0.257 e. The molecule has 0 saturated carbocycles. The summed E-state index contributed by atoms with van der Waals surface area (Å²) in [5.74, 6) is 0.00565. The minimum absolute atomic E-state index is 0.00653. The second kappa shape index (κ2) is 13.4. The Morgan fingerprint density at radius 3 is 2.74 bits per heavy atom. The van der Waals surface area contributed by atoms with Crippen LogP contribution in [-0.4, -0.2) is 57.6 Å². The third kappa shape index (κ3) is 5.90. The number of nitrogens with one attached hydrogen (secondary N) is 1. The van der Waals surface area contributed by atoms with E-state index in [0.29, 0.717) is 40.6 Å². The van der Waals surface area contributed by atoms with E-state index in [0.717, 1.165) is 80.5 Å². The number of nitrogens with zero attached hydrogens (tertiary/aromatic N) is 5. The molecule has 2 aliphatic carbocycles. The number of thiophene rings is 1. The van der Waals surface area contributed by atoms with Crippen molar-refractivity contribution < 1.29 is 22.7 Å². The van der Waals surface area contributed by atoms with Crippen molar-refractivity contribution in [1.29, 1.82) is 0 Å². The van der Waals surface area contributed by atoms with Crippen molar-refractivity contribution in [2.24, 2.45) is 0 Å². The van der Waals surface area contributed by atoms with Crippen LogP contribution in [0.2, 0.25) is 5.02 Å². The molecule has 9 nitrogen and oxygen atoms in total. The van der Waals surface area contributed by atoms with Gasteiger partial charge in [0.15, 0.2) is 0 Å². The summed E-state index contributed by atoms with van der Waals surface area (Å²) in [6.45, 7) is 2.54. The zero-order valence-corrected chi connectivity index (χ0v) is 31.6. The lowest BCUT2D eigenvalue weighted by atomic mass is 9.89. The predicted octanol–water partition coefficient (Wildman–Crippen LogP) is 9.40. The third-order valence-corrected chi connectivity index (χ3v) is 12.5. The summed E-state index contributed by atoms with van der Waals surface area (Å²) in [6.07, 6.45) is 6.09. The highest BCUT2D eigenvalue weighted by atomic mass is 35.5. The van der Waals surface area contributed by atoms with Crippen LogP contribution in [-0.2, 0) is 25.7 Å². The van der Waals surface area contributed by atoms with Gasteiger partial charge in [-0.1, -0.05) is 29.8 Å². The number of carbonyl (C=O) groups excluding carboxylic acids is 1. The van der Waals surface area contributed by atoms with Crippen LogP contribution in [0.1, 0.15) is 81.1 Å². The van der Waals surface area contributed by atoms with E-state index in [9.17, 15) is 13.6 Å². The minimum Gasteiger partial charge on any atom is -0.496 e. The number of alkyl halides is 2. The zero-order valence-electron chi connectivity index (χ0n) is 30.0. The number of benzene rings is 2. The molecule has 13 heteroatoms. The molecule has 6 aromatic rings. The van der Waals surface area contributed by atoms with E-state index >= 15 is 0 Å². The fourth-order valence-electron chi connectivity index (χ4n) is 8.73. The number of hydrogen-bond donors (Lipinski definition) is 1. The first kappa shape index (κ1) is 34.8. The Labute approximate surface area is 319 Å². The summed E-state index contributed by atoms with van der Waals surface area (Å²) >= 11 is 7.95. The van der Waals surface area contributed by atoms with E-state index in [4.69, 9.17) is 25.7 Å². The molecule has 1 fully saturated rings. The van der Waals surface area contributed by atoms with Gasteiger partial charge in [0.1, 0.15) is 11.6 Å². The van der Waals surface area contributed by atoms with Crippen LogP contribution in [0, 0.1) is 6.92 Å². The Morgan fingerprint density at radius 1 is 1.07 bits per heavy atom. The summed E-state index contributed by atoms with van der Waals surface area (Å²) in [5.41, 5.74) is 8.08. The monoisotopic (exact) mass is 766 g/mol. The molecule has 4 aromatic heterocycles. The number of anilines is 1. The van der Waals surface area contributed by atoms with E-state index in [1.54, 1.807) is 42.7 Å². The van der Waals surface area contributed by atoms with Crippen LogP contribution in [0.25, 0.3) is 32.0 Å². The molecular weight excluding hydrogens is 730 g/mol. The number of aromatic nitrogens is 4. The normalized spacial score (nSPS) is 19.0. The molecule has 10 rings (SSSR count). The smallest absolute Gasteiger partial charge is 0.257 e. The number of ether oxygens (including phenoxy) is 1. The lowest BCUT2D eigenvalue weighted by Gasteiger charge is -2.19. The highest BCUT2D eigenvalue weighted by Crippen LogP contribution is 2.51. The number of pyridine rings is 2. The van der Waals surface area contributed by atoms with Crippen molar-refractivity contribution in [3.8, 4) is 27.6 Å². The lowest BCUT2D eigenvalue weighted by Crippen LogP contribution is -2.22. The number of carbonyl (C=O) groups is 1. The lowest BCUT2D eigenvalue weighted by molar-refractivity contribution is 0.0127. The van der Waals surface area contributed by atoms with E-state index in [2.05, 4.69) is 38.7 Å². The molecule has 2 atom stereocenters. The average molecular weight is 767 g/mol. The molecule has 2 aromatic carbocycles. The largest absolute Gasteiger partial charge is 0.496 e. The Balaban J connectivity index is 0.000000250. The fourth-order valence-corrected chi connectivity index (χ4v) is 10.1. The highest BCUT2D eigenvalue weighted by molar-refractivity contribution is 7.23. The molecule has 2 aliphatic heterocycles. The standard InChI is InChI=1S/C31H27ClN6O2S.C10H10F2O/c1-15-36-37-30(40-15)24-21(13-17-6-5-16-12-19(32)7-8-20(16)17)35-27-22-4-3-11-38(22)31(39)26(27)25(24)23-14-18-9-10-34-29(33-2)28(18)41-23;1-13-9-4-2-3-7-5-10(11,12)6-8(7)9/h7-10,12,14,17,22H,3-6,11,13H2,1-2H3,(H,33,34);2-4H,5-6H2,1H3. The summed E-state index contributed by atoms with van der Waals surface area (Å²) in [6, 6.07) is 15.6.